The maximum atomic E-state index is 14.7. The van der Waals surface area contributed by atoms with Crippen LogP contribution in [-0.4, -0.2) is 84.4 Å². The van der Waals surface area contributed by atoms with Crippen LogP contribution in [0.3, 0.4) is 0 Å². The zero-order chi connectivity index (χ0) is 40.5. The molecule has 302 valence electrons. The number of primary amides is 1. The van der Waals surface area contributed by atoms with Gasteiger partial charge < -0.3 is 42.6 Å². The number of amides is 5. The van der Waals surface area contributed by atoms with E-state index < -0.39 is 47.3 Å². The molecule has 2 aliphatic rings. The first-order valence-corrected chi connectivity index (χ1v) is 20.2. The summed E-state index contributed by atoms with van der Waals surface area (Å²) < 4.78 is 0. The molecule has 2 fully saturated rings. The number of para-hydroxylation sites is 1. The summed E-state index contributed by atoms with van der Waals surface area (Å²) >= 11 is 0. The van der Waals surface area contributed by atoms with E-state index in [1.165, 1.54) is 0 Å². The van der Waals surface area contributed by atoms with Crippen LogP contribution < -0.4 is 37.6 Å². The summed E-state index contributed by atoms with van der Waals surface area (Å²) in [6, 6.07) is 27.4. The van der Waals surface area contributed by atoms with Crippen molar-refractivity contribution in [2.24, 2.45) is 11.7 Å². The molecule has 3 heterocycles. The van der Waals surface area contributed by atoms with E-state index in [9.17, 15) is 24.0 Å². The van der Waals surface area contributed by atoms with Gasteiger partial charge in [0.2, 0.25) is 29.5 Å². The minimum Gasteiger partial charge on any atom is -0.368 e. The number of H-pyrrole nitrogens is 1. The van der Waals surface area contributed by atoms with Gasteiger partial charge in [0.05, 0.1) is 0 Å². The number of benzene rings is 4. The van der Waals surface area contributed by atoms with Crippen LogP contribution in [0.15, 0.2) is 103 Å². The molecule has 1 aromatic heterocycles. The number of aromatic amines is 1. The Balaban J connectivity index is 1.20. The zero-order valence-electron chi connectivity index (χ0n) is 32.5. The van der Waals surface area contributed by atoms with E-state index in [1.54, 1.807) is 0 Å². The van der Waals surface area contributed by atoms with E-state index in [0.29, 0.717) is 51.9 Å². The van der Waals surface area contributed by atoms with Crippen molar-refractivity contribution in [3.05, 3.63) is 120 Å². The van der Waals surface area contributed by atoms with Gasteiger partial charge in [-0.2, -0.15) is 0 Å². The summed E-state index contributed by atoms with van der Waals surface area (Å²) in [5.41, 5.74) is 7.91. The van der Waals surface area contributed by atoms with Gasteiger partial charge in [-0.3, -0.25) is 24.0 Å². The molecule has 9 N–H and O–H groups in total. The average molecular weight is 785 g/mol. The molecule has 0 aliphatic carbocycles. The monoisotopic (exact) mass is 784 g/mol. The van der Waals surface area contributed by atoms with Gasteiger partial charge in [0.1, 0.15) is 23.7 Å². The number of aromatic nitrogens is 1. The first kappa shape index (κ1) is 40.2. The van der Waals surface area contributed by atoms with Gasteiger partial charge in [0.25, 0.3) is 0 Å². The molecule has 7 rings (SSSR count). The second-order valence-electron chi connectivity index (χ2n) is 15.5. The third kappa shape index (κ3) is 9.55. The zero-order valence-corrected chi connectivity index (χ0v) is 32.5. The van der Waals surface area contributed by atoms with E-state index in [2.05, 4.69) is 36.9 Å². The predicted octanol–water partition coefficient (Wildman–Crippen LogP) is 2.53. The van der Waals surface area contributed by atoms with E-state index in [1.807, 2.05) is 103 Å². The van der Waals surface area contributed by atoms with Crippen molar-refractivity contribution in [2.45, 2.75) is 68.6 Å². The summed E-state index contributed by atoms with van der Waals surface area (Å²) in [7, 11) is 0. The van der Waals surface area contributed by atoms with Crippen molar-refractivity contribution < 1.29 is 24.0 Å². The van der Waals surface area contributed by atoms with Gasteiger partial charge in [-0.15, -0.1) is 0 Å². The maximum absolute atomic E-state index is 14.7. The second-order valence-corrected chi connectivity index (χ2v) is 15.5. The number of nitrogens with one attached hydrogen (secondary N) is 7. The van der Waals surface area contributed by atoms with E-state index in [0.717, 1.165) is 38.4 Å². The quantitative estimate of drug-likeness (QED) is 0.0798. The Morgan fingerprint density at radius 3 is 1.93 bits per heavy atom. The van der Waals surface area contributed by atoms with Gasteiger partial charge in [-0.25, -0.2) is 0 Å². The number of hydrogen-bond donors (Lipinski definition) is 8. The Morgan fingerprint density at radius 2 is 1.21 bits per heavy atom. The lowest BCUT2D eigenvalue weighted by Gasteiger charge is -2.36. The molecular formula is C45H52N8O5. The van der Waals surface area contributed by atoms with Crippen molar-refractivity contribution in [3.8, 4) is 0 Å². The van der Waals surface area contributed by atoms with Crippen LogP contribution in [0.4, 0.5) is 0 Å². The van der Waals surface area contributed by atoms with Crippen LogP contribution in [0.25, 0.3) is 21.7 Å². The average Bonchev–Trinajstić information content (AvgIpc) is 3.66. The fraction of sp³-hybridized carbons (Fsp3) is 0.356. The van der Waals surface area contributed by atoms with Crippen molar-refractivity contribution in [1.29, 1.82) is 0 Å². The number of hydrogen-bond acceptors (Lipinski definition) is 7. The molecule has 2 saturated heterocycles. The van der Waals surface area contributed by atoms with Crippen LogP contribution >= 0.6 is 0 Å². The highest BCUT2D eigenvalue weighted by Gasteiger charge is 2.41. The number of piperidine rings is 2. The molecule has 5 aromatic rings. The SMILES string of the molecule is NC(=O)C1(NC(=O)[C@H](Cc2ccccc2)NC(=O)[C@@H](Cc2c[nH]c3ccccc23)NC(=O)[C@@H](Cc2cccc3ccccc23)NC(=O)C2CCNCC2)CCNCC1. The first-order valence-electron chi connectivity index (χ1n) is 20.2. The summed E-state index contributed by atoms with van der Waals surface area (Å²) in [6.07, 6.45) is 4.12. The highest BCUT2D eigenvalue weighted by atomic mass is 16.2. The molecule has 0 radical (unpaired) electrons. The third-order valence-electron chi connectivity index (χ3n) is 11.6. The lowest BCUT2D eigenvalue weighted by molar-refractivity contribution is -0.136. The number of nitrogens with two attached hydrogens (primary N) is 1. The summed E-state index contributed by atoms with van der Waals surface area (Å²) in [4.78, 5) is 73.3. The fourth-order valence-electron chi connectivity index (χ4n) is 8.22. The van der Waals surface area contributed by atoms with E-state index >= 15 is 0 Å². The Morgan fingerprint density at radius 1 is 0.621 bits per heavy atom. The van der Waals surface area contributed by atoms with Crippen LogP contribution in [0.2, 0.25) is 0 Å². The third-order valence-corrected chi connectivity index (χ3v) is 11.6. The lowest BCUT2D eigenvalue weighted by atomic mass is 9.87. The molecule has 4 aromatic carbocycles. The Kier molecular flexibility index (Phi) is 12.8. The van der Waals surface area contributed by atoms with Crippen molar-refractivity contribution in [1.82, 2.24) is 36.9 Å². The standard InChI is InChI=1S/C45H52N8O5/c46-44(58)45(19-23-48-24-20-45)53-43(57)37(25-29-9-2-1-3-10-29)51-42(56)39(27-33-28-49-36-16-7-6-15-35(33)36)52-41(55)38(50-40(54)31-17-21-47-22-18-31)26-32-13-8-12-30-11-4-5-14-34(30)32/h1-16,28,31,37-39,47-49H,17-27H2,(H2,46,58)(H,50,54)(H,51,56)(H,52,55)(H,53,57)/t37-,38+,39+/m0/s1. The van der Waals surface area contributed by atoms with Crippen LogP contribution in [-0.2, 0) is 43.2 Å². The van der Waals surface area contributed by atoms with E-state index in [4.69, 9.17) is 5.73 Å². The highest BCUT2D eigenvalue weighted by Crippen LogP contribution is 2.23. The summed E-state index contributed by atoms with van der Waals surface area (Å²) in [6.45, 7) is 2.40. The molecule has 0 unspecified atom stereocenters. The van der Waals surface area contributed by atoms with Crippen molar-refractivity contribution in [2.75, 3.05) is 26.2 Å². The molecule has 2 aliphatic heterocycles. The molecule has 13 nitrogen and oxygen atoms in total. The number of rotatable bonds is 15. The molecule has 5 amide bonds. The van der Waals surface area contributed by atoms with Gasteiger partial charge in [-0.1, -0.05) is 91.0 Å². The van der Waals surface area contributed by atoms with Gasteiger partial charge in [-0.05, 0) is 85.4 Å². The number of carbonyl (C=O) groups is 5. The normalized spacial score (nSPS) is 17.1. The van der Waals surface area contributed by atoms with Gasteiger partial charge >= 0.3 is 0 Å². The van der Waals surface area contributed by atoms with Crippen LogP contribution in [0.1, 0.15) is 42.4 Å². The minimum absolute atomic E-state index is 0.0847. The minimum atomic E-state index is -1.28. The van der Waals surface area contributed by atoms with Gasteiger partial charge in [0.15, 0.2) is 0 Å². The number of fused-ring (bicyclic) bond motifs is 2. The highest BCUT2D eigenvalue weighted by molar-refractivity contribution is 5.97. The molecule has 3 atom stereocenters. The molecule has 0 bridgehead atoms. The fourth-order valence-corrected chi connectivity index (χ4v) is 8.22. The Labute approximate surface area is 337 Å². The second kappa shape index (κ2) is 18.5. The summed E-state index contributed by atoms with van der Waals surface area (Å²) in [5, 5.41) is 21.2. The Hall–Kier alpha value is -6.05. The van der Waals surface area contributed by atoms with Gasteiger partial charge in [0, 0.05) is 42.3 Å². The van der Waals surface area contributed by atoms with E-state index in [-0.39, 0.29) is 31.1 Å². The molecular weight excluding hydrogens is 733 g/mol. The van der Waals surface area contributed by atoms with Crippen LogP contribution in [0, 0.1) is 5.92 Å². The van der Waals surface area contributed by atoms with Crippen LogP contribution in [0.5, 0.6) is 0 Å². The molecule has 0 spiro atoms. The van der Waals surface area contributed by atoms with Crippen molar-refractivity contribution in [3.63, 3.8) is 0 Å². The Bertz CT molecular complexity index is 2240. The lowest BCUT2D eigenvalue weighted by Crippen LogP contribution is -2.65. The first-order chi connectivity index (χ1) is 28.2. The molecule has 58 heavy (non-hydrogen) atoms. The maximum Gasteiger partial charge on any atom is 0.243 e. The largest absolute Gasteiger partial charge is 0.368 e. The summed E-state index contributed by atoms with van der Waals surface area (Å²) in [5.74, 6) is -2.78. The topological polar surface area (TPSA) is 199 Å². The number of carbonyl (C=O) groups excluding carboxylic acids is 5. The van der Waals surface area contributed by atoms with Crippen molar-refractivity contribution >= 4 is 51.2 Å². The predicted molar refractivity (Wildman–Crippen MR) is 223 cm³/mol. The molecule has 13 heteroatoms. The molecule has 0 saturated carbocycles. The smallest absolute Gasteiger partial charge is 0.243 e.